The molecule has 0 atom stereocenters. The molecule has 0 unspecified atom stereocenters. The first-order valence-corrected chi connectivity index (χ1v) is 9.05. The van der Waals surface area contributed by atoms with Crippen LogP contribution in [0.3, 0.4) is 0 Å². The SMILES string of the molecule is CCCC1CCC(NC(=NCc2ccc(C(N)=O)o2)NCC)CC1. The minimum Gasteiger partial charge on any atom is -0.454 e. The number of primary amides is 1. The summed E-state index contributed by atoms with van der Waals surface area (Å²) < 4.78 is 5.37. The van der Waals surface area contributed by atoms with E-state index in [4.69, 9.17) is 10.2 Å². The first-order valence-electron chi connectivity index (χ1n) is 9.05. The summed E-state index contributed by atoms with van der Waals surface area (Å²) in [4.78, 5) is 15.6. The molecule has 1 aromatic heterocycles. The van der Waals surface area contributed by atoms with Gasteiger partial charge in [-0.25, -0.2) is 4.99 Å². The fourth-order valence-electron chi connectivity index (χ4n) is 3.27. The van der Waals surface area contributed by atoms with Gasteiger partial charge in [-0.2, -0.15) is 0 Å². The Balaban J connectivity index is 1.87. The van der Waals surface area contributed by atoms with Crippen molar-refractivity contribution in [2.24, 2.45) is 16.6 Å². The van der Waals surface area contributed by atoms with Crippen LogP contribution < -0.4 is 16.4 Å². The van der Waals surface area contributed by atoms with E-state index >= 15 is 0 Å². The van der Waals surface area contributed by atoms with Gasteiger partial charge in [0.2, 0.25) is 0 Å². The largest absolute Gasteiger partial charge is 0.454 e. The van der Waals surface area contributed by atoms with Gasteiger partial charge in [0.15, 0.2) is 11.7 Å². The number of nitrogens with zero attached hydrogens (tertiary/aromatic N) is 1. The maximum Gasteiger partial charge on any atom is 0.284 e. The number of amides is 1. The van der Waals surface area contributed by atoms with E-state index in [-0.39, 0.29) is 5.76 Å². The van der Waals surface area contributed by atoms with Crippen LogP contribution in [0.2, 0.25) is 0 Å². The van der Waals surface area contributed by atoms with E-state index < -0.39 is 5.91 Å². The molecule has 1 aliphatic carbocycles. The van der Waals surface area contributed by atoms with E-state index in [0.29, 0.717) is 18.3 Å². The smallest absolute Gasteiger partial charge is 0.284 e. The molecule has 1 amide bonds. The quantitative estimate of drug-likeness (QED) is 0.528. The molecule has 1 heterocycles. The molecule has 0 saturated heterocycles. The highest BCUT2D eigenvalue weighted by Gasteiger charge is 2.21. The van der Waals surface area contributed by atoms with E-state index in [1.807, 2.05) is 6.92 Å². The van der Waals surface area contributed by atoms with Gasteiger partial charge >= 0.3 is 0 Å². The van der Waals surface area contributed by atoms with Crippen LogP contribution in [-0.2, 0) is 6.54 Å². The van der Waals surface area contributed by atoms with Gasteiger partial charge in [0, 0.05) is 12.6 Å². The lowest BCUT2D eigenvalue weighted by Crippen LogP contribution is -2.44. The lowest BCUT2D eigenvalue weighted by Gasteiger charge is -2.30. The van der Waals surface area contributed by atoms with Gasteiger partial charge in [0.1, 0.15) is 12.3 Å². The van der Waals surface area contributed by atoms with Crippen LogP contribution >= 0.6 is 0 Å². The van der Waals surface area contributed by atoms with Gasteiger partial charge < -0.3 is 20.8 Å². The van der Waals surface area contributed by atoms with Crippen LogP contribution in [-0.4, -0.2) is 24.5 Å². The molecule has 0 aromatic carbocycles. The number of aliphatic imine (C=N–C) groups is 1. The Labute approximate surface area is 144 Å². The zero-order valence-electron chi connectivity index (χ0n) is 14.8. The summed E-state index contributed by atoms with van der Waals surface area (Å²) in [5.74, 6) is 1.94. The van der Waals surface area contributed by atoms with Crippen molar-refractivity contribution < 1.29 is 9.21 Å². The summed E-state index contributed by atoms with van der Waals surface area (Å²) in [5, 5.41) is 6.80. The molecule has 24 heavy (non-hydrogen) atoms. The standard InChI is InChI=1S/C18H30N4O2/c1-3-5-13-6-8-14(9-7-13)22-18(20-4-2)21-12-15-10-11-16(24-15)17(19)23/h10-11,13-14H,3-9,12H2,1-2H3,(H2,19,23)(H2,20,21,22). The zero-order chi connectivity index (χ0) is 17.4. The van der Waals surface area contributed by atoms with Crippen LogP contribution in [0.5, 0.6) is 0 Å². The van der Waals surface area contributed by atoms with Crippen LogP contribution in [0.15, 0.2) is 21.5 Å². The molecule has 6 heteroatoms. The van der Waals surface area contributed by atoms with Gasteiger partial charge in [-0.15, -0.1) is 0 Å². The maximum absolute atomic E-state index is 11.1. The average molecular weight is 334 g/mol. The number of rotatable bonds is 7. The number of hydrogen-bond acceptors (Lipinski definition) is 3. The first kappa shape index (κ1) is 18.4. The average Bonchev–Trinajstić information content (AvgIpc) is 3.04. The zero-order valence-corrected chi connectivity index (χ0v) is 14.8. The van der Waals surface area contributed by atoms with Gasteiger partial charge in [0.25, 0.3) is 5.91 Å². The van der Waals surface area contributed by atoms with Crippen molar-refractivity contribution >= 4 is 11.9 Å². The van der Waals surface area contributed by atoms with E-state index in [2.05, 4.69) is 22.5 Å². The Morgan fingerprint density at radius 2 is 2.04 bits per heavy atom. The number of carbonyl (C=O) groups is 1. The normalized spacial score (nSPS) is 21.5. The molecule has 6 nitrogen and oxygen atoms in total. The second kappa shape index (κ2) is 9.35. The number of carbonyl (C=O) groups excluding carboxylic acids is 1. The van der Waals surface area contributed by atoms with Gasteiger partial charge in [0.05, 0.1) is 0 Å². The summed E-state index contributed by atoms with van der Waals surface area (Å²) in [7, 11) is 0. The number of guanidine groups is 1. The van der Waals surface area contributed by atoms with E-state index in [1.54, 1.807) is 12.1 Å². The Morgan fingerprint density at radius 3 is 2.62 bits per heavy atom. The van der Waals surface area contributed by atoms with Crippen LogP contribution in [0, 0.1) is 5.92 Å². The molecule has 0 spiro atoms. The molecule has 0 bridgehead atoms. The Morgan fingerprint density at radius 1 is 1.29 bits per heavy atom. The Hall–Kier alpha value is -1.98. The number of nitrogens with two attached hydrogens (primary N) is 1. The van der Waals surface area contributed by atoms with Crippen molar-refractivity contribution in [2.45, 2.75) is 65.0 Å². The van der Waals surface area contributed by atoms with Crippen molar-refractivity contribution in [3.05, 3.63) is 23.7 Å². The van der Waals surface area contributed by atoms with E-state index in [1.165, 1.54) is 38.5 Å². The van der Waals surface area contributed by atoms with Crippen molar-refractivity contribution in [3.63, 3.8) is 0 Å². The molecule has 0 aliphatic heterocycles. The third-order valence-corrected chi connectivity index (χ3v) is 4.53. The summed E-state index contributed by atoms with van der Waals surface area (Å²) in [6, 6.07) is 3.81. The second-order valence-electron chi connectivity index (χ2n) is 6.48. The third-order valence-electron chi connectivity index (χ3n) is 4.53. The highest BCUT2D eigenvalue weighted by molar-refractivity contribution is 5.89. The van der Waals surface area contributed by atoms with E-state index in [9.17, 15) is 4.79 Å². The minimum absolute atomic E-state index is 0.174. The highest BCUT2D eigenvalue weighted by atomic mass is 16.3. The number of hydrogen-bond donors (Lipinski definition) is 3. The highest BCUT2D eigenvalue weighted by Crippen LogP contribution is 2.27. The predicted octanol–water partition coefficient (Wildman–Crippen LogP) is 2.79. The number of furan rings is 1. The molecule has 0 radical (unpaired) electrons. The fraction of sp³-hybridized carbons (Fsp3) is 0.667. The molecular formula is C18H30N4O2. The van der Waals surface area contributed by atoms with Crippen molar-refractivity contribution in [1.82, 2.24) is 10.6 Å². The second-order valence-corrected chi connectivity index (χ2v) is 6.48. The van der Waals surface area contributed by atoms with Crippen molar-refractivity contribution in [1.29, 1.82) is 0 Å². The first-order chi connectivity index (χ1) is 11.6. The maximum atomic E-state index is 11.1. The fourth-order valence-corrected chi connectivity index (χ4v) is 3.27. The van der Waals surface area contributed by atoms with Crippen LogP contribution in [0.1, 0.15) is 68.7 Å². The Bertz CT molecular complexity index is 545. The molecule has 1 aliphatic rings. The molecule has 2 rings (SSSR count). The summed E-state index contributed by atoms with van der Waals surface area (Å²) in [6.07, 6.45) is 7.62. The molecule has 1 saturated carbocycles. The molecule has 1 fully saturated rings. The summed E-state index contributed by atoms with van der Waals surface area (Å²) in [5.41, 5.74) is 5.19. The molecule has 134 valence electrons. The lowest BCUT2D eigenvalue weighted by atomic mass is 9.83. The third kappa shape index (κ3) is 5.58. The van der Waals surface area contributed by atoms with Crippen molar-refractivity contribution in [3.8, 4) is 0 Å². The summed E-state index contributed by atoms with van der Waals surface area (Å²) in [6.45, 7) is 5.50. The van der Waals surface area contributed by atoms with Crippen molar-refractivity contribution in [2.75, 3.05) is 6.54 Å². The van der Waals surface area contributed by atoms with Crippen LogP contribution in [0.25, 0.3) is 0 Å². The van der Waals surface area contributed by atoms with E-state index in [0.717, 1.165) is 18.4 Å². The van der Waals surface area contributed by atoms with Gasteiger partial charge in [-0.1, -0.05) is 19.8 Å². The van der Waals surface area contributed by atoms with Gasteiger partial charge in [-0.3, -0.25) is 4.79 Å². The lowest BCUT2D eigenvalue weighted by molar-refractivity contribution is 0.0972. The number of nitrogens with one attached hydrogen (secondary N) is 2. The monoisotopic (exact) mass is 334 g/mol. The van der Waals surface area contributed by atoms with Crippen LogP contribution in [0.4, 0.5) is 0 Å². The van der Waals surface area contributed by atoms with Gasteiger partial charge in [-0.05, 0) is 50.7 Å². The topological polar surface area (TPSA) is 92.6 Å². The Kier molecular flexibility index (Phi) is 7.15. The summed E-state index contributed by atoms with van der Waals surface area (Å²) >= 11 is 0. The molecular weight excluding hydrogens is 304 g/mol. The predicted molar refractivity (Wildman–Crippen MR) is 95.8 cm³/mol. The molecule has 1 aromatic rings. The molecule has 4 N–H and O–H groups in total. The minimum atomic E-state index is -0.556.